The van der Waals surface area contributed by atoms with Crippen LogP contribution in [-0.4, -0.2) is 43.0 Å². The van der Waals surface area contributed by atoms with Gasteiger partial charge in [0.15, 0.2) is 6.61 Å². The monoisotopic (exact) mass is 452 g/mol. The van der Waals surface area contributed by atoms with E-state index in [2.05, 4.69) is 5.32 Å². The highest BCUT2D eigenvalue weighted by Gasteiger charge is 2.27. The van der Waals surface area contributed by atoms with Crippen molar-refractivity contribution in [3.05, 3.63) is 58.1 Å². The van der Waals surface area contributed by atoms with Gasteiger partial charge in [0.1, 0.15) is 17.5 Å². The van der Waals surface area contributed by atoms with Crippen molar-refractivity contribution in [2.75, 3.05) is 20.3 Å². The van der Waals surface area contributed by atoms with Crippen molar-refractivity contribution < 1.29 is 19.1 Å². The van der Waals surface area contributed by atoms with Crippen LogP contribution in [0.1, 0.15) is 25.8 Å². The van der Waals surface area contributed by atoms with Gasteiger partial charge in [0, 0.05) is 28.7 Å². The minimum atomic E-state index is -0.726. The quantitative estimate of drug-likeness (QED) is 0.582. The van der Waals surface area contributed by atoms with Gasteiger partial charge >= 0.3 is 0 Å². The largest absolute Gasteiger partial charge is 0.497 e. The second kappa shape index (κ2) is 11.7. The van der Waals surface area contributed by atoms with Gasteiger partial charge in [0.05, 0.1) is 7.11 Å². The summed E-state index contributed by atoms with van der Waals surface area (Å²) in [7, 11) is 1.57. The summed E-state index contributed by atoms with van der Waals surface area (Å²) in [5, 5.41) is 3.67. The number of ether oxygens (including phenoxy) is 2. The van der Waals surface area contributed by atoms with Crippen LogP contribution < -0.4 is 14.8 Å². The number of hydrogen-bond donors (Lipinski definition) is 1. The summed E-state index contributed by atoms with van der Waals surface area (Å²) in [6, 6.07) is 11.3. The fourth-order valence-corrected chi connectivity index (χ4v) is 3.25. The van der Waals surface area contributed by atoms with E-state index in [1.165, 1.54) is 4.90 Å². The van der Waals surface area contributed by atoms with Crippen LogP contribution in [0.3, 0.4) is 0 Å². The molecule has 6 nitrogen and oxygen atoms in total. The van der Waals surface area contributed by atoms with Gasteiger partial charge in [-0.3, -0.25) is 9.59 Å². The molecule has 0 spiro atoms. The summed E-state index contributed by atoms with van der Waals surface area (Å²) in [6.45, 7) is 4.01. The Labute approximate surface area is 187 Å². The van der Waals surface area contributed by atoms with E-state index in [1.54, 1.807) is 56.5 Å². The van der Waals surface area contributed by atoms with Gasteiger partial charge < -0.3 is 19.7 Å². The first-order valence-electron chi connectivity index (χ1n) is 9.64. The predicted molar refractivity (Wildman–Crippen MR) is 118 cm³/mol. The lowest BCUT2D eigenvalue weighted by Crippen LogP contribution is -2.49. The summed E-state index contributed by atoms with van der Waals surface area (Å²) in [6.07, 6.45) is 0.795. The molecule has 0 bridgehead atoms. The maximum absolute atomic E-state index is 13.0. The summed E-state index contributed by atoms with van der Waals surface area (Å²) < 4.78 is 10.7. The molecule has 0 aliphatic heterocycles. The molecule has 1 atom stereocenters. The fourth-order valence-electron chi connectivity index (χ4n) is 2.73. The third-order valence-electron chi connectivity index (χ3n) is 4.53. The lowest BCUT2D eigenvalue weighted by molar-refractivity contribution is -0.142. The van der Waals surface area contributed by atoms with Crippen molar-refractivity contribution >= 4 is 35.0 Å². The van der Waals surface area contributed by atoms with Gasteiger partial charge in [-0.2, -0.15) is 0 Å². The van der Waals surface area contributed by atoms with Crippen molar-refractivity contribution in [2.24, 2.45) is 0 Å². The molecule has 0 aliphatic carbocycles. The Balaban J connectivity index is 2.18. The number of carbonyl (C=O) groups is 2. The Morgan fingerprint density at radius 2 is 1.67 bits per heavy atom. The molecular weight excluding hydrogens is 427 g/mol. The van der Waals surface area contributed by atoms with E-state index in [0.717, 1.165) is 6.42 Å². The molecule has 0 saturated heterocycles. The Kier molecular flexibility index (Phi) is 9.27. The van der Waals surface area contributed by atoms with E-state index < -0.39 is 6.04 Å². The third-order valence-corrected chi connectivity index (χ3v) is 5.24. The van der Waals surface area contributed by atoms with Gasteiger partial charge in [-0.05, 0) is 49.7 Å². The van der Waals surface area contributed by atoms with E-state index >= 15 is 0 Å². The molecule has 0 unspecified atom stereocenters. The second-order valence-electron chi connectivity index (χ2n) is 6.65. The first-order valence-corrected chi connectivity index (χ1v) is 10.4. The van der Waals surface area contributed by atoms with Gasteiger partial charge in [-0.25, -0.2) is 0 Å². The zero-order chi connectivity index (χ0) is 22.1. The Bertz CT molecular complexity index is 838. The van der Waals surface area contributed by atoms with E-state index in [1.807, 2.05) is 6.92 Å². The summed E-state index contributed by atoms with van der Waals surface area (Å²) in [4.78, 5) is 26.9. The van der Waals surface area contributed by atoms with Crippen LogP contribution in [0.15, 0.2) is 42.5 Å². The lowest BCUT2D eigenvalue weighted by atomic mass is 10.1. The molecule has 0 aromatic heterocycles. The Morgan fingerprint density at radius 1 is 1.07 bits per heavy atom. The normalized spacial score (nSPS) is 11.5. The van der Waals surface area contributed by atoms with Crippen LogP contribution in [0.5, 0.6) is 11.5 Å². The number of nitrogens with one attached hydrogen (secondary N) is 1. The highest BCUT2D eigenvalue weighted by molar-refractivity contribution is 6.36. The number of halogens is 2. The number of amides is 2. The minimum absolute atomic E-state index is 0.0873. The van der Waals surface area contributed by atoms with Crippen molar-refractivity contribution in [1.82, 2.24) is 10.2 Å². The van der Waals surface area contributed by atoms with Gasteiger partial charge in [-0.15, -0.1) is 0 Å². The van der Waals surface area contributed by atoms with Gasteiger partial charge in [0.2, 0.25) is 5.91 Å². The number of rotatable bonds is 10. The first-order chi connectivity index (χ1) is 14.4. The van der Waals surface area contributed by atoms with E-state index in [9.17, 15) is 9.59 Å². The zero-order valence-electron chi connectivity index (χ0n) is 17.3. The summed E-state index contributed by atoms with van der Waals surface area (Å²) in [5.74, 6) is 0.589. The first kappa shape index (κ1) is 23.8. The molecule has 0 saturated carbocycles. The molecule has 8 heteroatoms. The van der Waals surface area contributed by atoms with Crippen LogP contribution in [0, 0.1) is 0 Å². The van der Waals surface area contributed by atoms with Crippen LogP contribution in [0.4, 0.5) is 0 Å². The van der Waals surface area contributed by atoms with E-state index in [0.29, 0.717) is 33.7 Å². The number of methoxy groups -OCH3 is 1. The number of carbonyl (C=O) groups excluding carboxylic acids is 2. The zero-order valence-corrected chi connectivity index (χ0v) is 18.8. The van der Waals surface area contributed by atoms with Crippen LogP contribution >= 0.6 is 23.2 Å². The molecule has 0 fully saturated rings. The molecule has 162 valence electrons. The maximum Gasteiger partial charge on any atom is 0.261 e. The standard InChI is InChI=1S/C22H26Cl2N2O4/c1-4-12-25-22(28)15(2)26(13-18-19(23)6-5-7-20(18)24)21(27)14-30-17-10-8-16(29-3)9-11-17/h5-11,15H,4,12-14H2,1-3H3,(H,25,28)/t15-/m1/s1. The number of hydrogen-bond acceptors (Lipinski definition) is 4. The van der Waals surface area contributed by atoms with E-state index in [4.69, 9.17) is 32.7 Å². The highest BCUT2D eigenvalue weighted by atomic mass is 35.5. The Morgan fingerprint density at radius 3 is 2.23 bits per heavy atom. The van der Waals surface area contributed by atoms with Crippen molar-refractivity contribution in [3.63, 3.8) is 0 Å². The summed E-state index contributed by atoms with van der Waals surface area (Å²) >= 11 is 12.6. The third kappa shape index (κ3) is 6.54. The highest BCUT2D eigenvalue weighted by Crippen LogP contribution is 2.26. The van der Waals surface area contributed by atoms with Gasteiger partial charge in [-0.1, -0.05) is 36.2 Å². The second-order valence-corrected chi connectivity index (χ2v) is 7.47. The minimum Gasteiger partial charge on any atom is -0.497 e. The molecule has 30 heavy (non-hydrogen) atoms. The molecule has 0 radical (unpaired) electrons. The molecular formula is C22H26Cl2N2O4. The predicted octanol–water partition coefficient (Wildman–Crippen LogP) is 4.32. The van der Waals surface area contributed by atoms with Crippen molar-refractivity contribution in [3.8, 4) is 11.5 Å². The van der Waals surface area contributed by atoms with Crippen molar-refractivity contribution in [2.45, 2.75) is 32.9 Å². The maximum atomic E-state index is 13.0. The molecule has 2 aromatic carbocycles. The SMILES string of the molecule is CCCNC(=O)[C@@H](C)N(Cc1c(Cl)cccc1Cl)C(=O)COc1ccc(OC)cc1. The average molecular weight is 453 g/mol. The molecule has 2 rings (SSSR count). The fraction of sp³-hybridized carbons (Fsp3) is 0.364. The van der Waals surface area contributed by atoms with E-state index in [-0.39, 0.29) is 25.0 Å². The number of benzene rings is 2. The number of nitrogens with zero attached hydrogens (tertiary/aromatic N) is 1. The topological polar surface area (TPSA) is 67.9 Å². The van der Waals surface area contributed by atoms with Gasteiger partial charge in [0.25, 0.3) is 5.91 Å². The van der Waals surface area contributed by atoms with Crippen LogP contribution in [-0.2, 0) is 16.1 Å². The average Bonchev–Trinajstić information content (AvgIpc) is 2.75. The van der Waals surface area contributed by atoms with Crippen LogP contribution in [0.2, 0.25) is 10.0 Å². The van der Waals surface area contributed by atoms with Crippen molar-refractivity contribution in [1.29, 1.82) is 0 Å². The van der Waals surface area contributed by atoms with Crippen LogP contribution in [0.25, 0.3) is 0 Å². The molecule has 1 N–H and O–H groups in total. The smallest absolute Gasteiger partial charge is 0.261 e. The molecule has 2 amide bonds. The molecule has 2 aromatic rings. The summed E-state index contributed by atoms with van der Waals surface area (Å²) in [5.41, 5.74) is 0.578. The molecule has 0 aliphatic rings. The molecule has 0 heterocycles. The lowest BCUT2D eigenvalue weighted by Gasteiger charge is -2.29. The Hall–Kier alpha value is -2.44.